The second kappa shape index (κ2) is 10.6. The van der Waals surface area contributed by atoms with Crippen LogP contribution in [0.3, 0.4) is 0 Å². The Hall–Kier alpha value is -1.86. The number of hydrogen-bond acceptors (Lipinski definition) is 3. The number of carbonyl (C=O) groups excluding carboxylic acids is 1. The number of nitrogens with one attached hydrogen (secondary N) is 1. The summed E-state index contributed by atoms with van der Waals surface area (Å²) < 4.78 is 7.36. The van der Waals surface area contributed by atoms with Crippen molar-refractivity contribution in [2.75, 3.05) is 11.9 Å². The lowest BCUT2D eigenvalue weighted by Crippen LogP contribution is -2.20. The second-order valence-corrected chi connectivity index (χ2v) is 9.41. The molecular weight excluding hydrogens is 567 g/mol. The maximum atomic E-state index is 12.4. The molecule has 0 aromatic heterocycles. The van der Waals surface area contributed by atoms with Gasteiger partial charge >= 0.3 is 0 Å². The van der Waals surface area contributed by atoms with E-state index in [0.29, 0.717) is 31.5 Å². The highest BCUT2D eigenvalue weighted by molar-refractivity contribution is 9.11. The summed E-state index contributed by atoms with van der Waals surface area (Å²) in [6.45, 7) is 3.68. The molecule has 3 rings (SSSR count). The zero-order valence-electron chi connectivity index (χ0n) is 16.7. The monoisotopic (exact) mass is 582 g/mol. The van der Waals surface area contributed by atoms with Gasteiger partial charge < -0.3 is 10.1 Å². The van der Waals surface area contributed by atoms with Gasteiger partial charge in [-0.05, 0) is 77.3 Å². The highest BCUT2D eigenvalue weighted by Crippen LogP contribution is 2.33. The van der Waals surface area contributed by atoms with Gasteiger partial charge in [-0.2, -0.15) is 0 Å². The van der Waals surface area contributed by atoms with Gasteiger partial charge in [0.2, 0.25) is 0 Å². The molecule has 1 amide bonds. The van der Waals surface area contributed by atoms with Crippen LogP contribution in [0.4, 0.5) is 11.4 Å². The van der Waals surface area contributed by atoms with Crippen molar-refractivity contribution in [3.05, 3.63) is 84.2 Å². The molecule has 0 spiro atoms. The quantitative estimate of drug-likeness (QED) is 0.299. The Balaban J connectivity index is 1.77. The zero-order valence-corrected chi connectivity index (χ0v) is 21.4. The number of aliphatic imine (C=N–C) groups is 1. The van der Waals surface area contributed by atoms with Gasteiger partial charge in [-0.15, -0.1) is 0 Å². The van der Waals surface area contributed by atoms with E-state index in [1.165, 1.54) is 0 Å². The van der Waals surface area contributed by atoms with Crippen molar-refractivity contribution in [3.8, 4) is 5.75 Å². The molecule has 0 bridgehead atoms. The van der Waals surface area contributed by atoms with Gasteiger partial charge in [0.25, 0.3) is 5.91 Å². The number of ether oxygens (including phenoxy) is 1. The molecule has 3 aromatic rings. The second-order valence-electron chi connectivity index (χ2n) is 6.80. The molecule has 0 atom stereocenters. The number of anilines is 1. The van der Waals surface area contributed by atoms with Crippen molar-refractivity contribution >= 4 is 78.6 Å². The number of carbonyl (C=O) groups is 1. The summed E-state index contributed by atoms with van der Waals surface area (Å²) in [7, 11) is 0. The van der Waals surface area contributed by atoms with E-state index in [2.05, 4.69) is 42.2 Å². The first-order valence-corrected chi connectivity index (χ1v) is 11.5. The third-order valence-electron chi connectivity index (χ3n) is 4.35. The number of hydrogen-bond donors (Lipinski definition) is 1. The van der Waals surface area contributed by atoms with Gasteiger partial charge in [0.05, 0.1) is 10.2 Å². The van der Waals surface area contributed by atoms with Gasteiger partial charge in [0.15, 0.2) is 6.61 Å². The first-order chi connectivity index (χ1) is 14.7. The van der Waals surface area contributed by atoms with Crippen LogP contribution < -0.4 is 10.1 Å². The van der Waals surface area contributed by atoms with Gasteiger partial charge in [-0.1, -0.05) is 51.3 Å². The molecule has 31 heavy (non-hydrogen) atoms. The molecule has 3 aromatic carbocycles. The fourth-order valence-electron chi connectivity index (χ4n) is 2.69. The molecule has 0 saturated heterocycles. The Morgan fingerprint density at radius 2 is 1.81 bits per heavy atom. The smallest absolute Gasteiger partial charge is 0.262 e. The van der Waals surface area contributed by atoms with Crippen LogP contribution in [-0.2, 0) is 4.79 Å². The van der Waals surface area contributed by atoms with Crippen LogP contribution in [0.2, 0.25) is 10.0 Å². The fourth-order valence-corrected chi connectivity index (χ4v) is 4.41. The first kappa shape index (κ1) is 23.8. The van der Waals surface area contributed by atoms with Gasteiger partial charge in [0, 0.05) is 32.0 Å². The maximum Gasteiger partial charge on any atom is 0.262 e. The largest absolute Gasteiger partial charge is 0.482 e. The molecule has 0 radical (unpaired) electrons. The maximum absolute atomic E-state index is 12.4. The predicted octanol–water partition coefficient (Wildman–Crippen LogP) is 7.90. The summed E-state index contributed by atoms with van der Waals surface area (Å²) in [5.41, 5.74) is 3.99. The lowest BCUT2D eigenvalue weighted by Gasteiger charge is -2.13. The minimum absolute atomic E-state index is 0.178. The lowest BCUT2D eigenvalue weighted by molar-refractivity contribution is -0.118. The van der Waals surface area contributed by atoms with Crippen LogP contribution in [-0.4, -0.2) is 18.7 Å². The number of nitrogens with zero attached hydrogens (tertiary/aromatic N) is 1. The van der Waals surface area contributed by atoms with Gasteiger partial charge in [-0.3, -0.25) is 9.79 Å². The summed E-state index contributed by atoms with van der Waals surface area (Å²) in [6.07, 6.45) is 1.68. The SMILES string of the molecule is Cc1ccc(NC(=O)COc2c(Br)cc(Br)cc2C=Nc2cc(Cl)ccc2C)cc1Cl. The standard InChI is InChI=1S/C23H18Br2Cl2N2O2/c1-13-4-6-18(10-20(13)27)29-22(30)12-31-23-15(7-16(24)8-19(23)25)11-28-21-9-17(26)5-3-14(21)2/h3-11H,12H2,1-2H3,(H,29,30). The van der Waals surface area contributed by atoms with Crippen LogP contribution in [0.1, 0.15) is 16.7 Å². The van der Waals surface area contributed by atoms with E-state index in [-0.39, 0.29) is 12.5 Å². The molecule has 0 unspecified atom stereocenters. The third-order valence-corrected chi connectivity index (χ3v) is 6.04. The van der Waals surface area contributed by atoms with E-state index in [1.807, 2.05) is 44.2 Å². The lowest BCUT2D eigenvalue weighted by atomic mass is 10.2. The summed E-state index contributed by atoms with van der Waals surface area (Å²) in [5, 5.41) is 3.98. The third kappa shape index (κ3) is 6.56. The van der Waals surface area contributed by atoms with Crippen molar-refractivity contribution in [3.63, 3.8) is 0 Å². The molecule has 0 aliphatic rings. The van der Waals surface area contributed by atoms with E-state index >= 15 is 0 Å². The summed E-state index contributed by atoms with van der Waals surface area (Å²) in [6, 6.07) is 14.6. The minimum Gasteiger partial charge on any atom is -0.482 e. The Morgan fingerprint density at radius 3 is 2.55 bits per heavy atom. The van der Waals surface area contributed by atoms with Crippen LogP contribution in [0.15, 0.2) is 62.5 Å². The number of aryl methyl sites for hydroxylation is 2. The van der Waals surface area contributed by atoms with Crippen LogP contribution >= 0.6 is 55.1 Å². The number of benzene rings is 3. The van der Waals surface area contributed by atoms with Crippen LogP contribution in [0.5, 0.6) is 5.75 Å². The average molecular weight is 585 g/mol. The summed E-state index contributed by atoms with van der Waals surface area (Å²) >= 11 is 19.2. The summed E-state index contributed by atoms with van der Waals surface area (Å²) in [5.74, 6) is 0.201. The molecule has 0 aliphatic carbocycles. The van der Waals surface area contributed by atoms with Crippen molar-refractivity contribution in [2.45, 2.75) is 13.8 Å². The summed E-state index contributed by atoms with van der Waals surface area (Å²) in [4.78, 5) is 16.9. The Labute approximate surface area is 207 Å². The topological polar surface area (TPSA) is 50.7 Å². The van der Waals surface area contributed by atoms with Crippen molar-refractivity contribution in [2.24, 2.45) is 4.99 Å². The van der Waals surface area contributed by atoms with Crippen molar-refractivity contribution < 1.29 is 9.53 Å². The normalized spacial score (nSPS) is 11.0. The number of halogens is 4. The van der Waals surface area contributed by atoms with Gasteiger partial charge in [-0.25, -0.2) is 0 Å². The van der Waals surface area contributed by atoms with Crippen molar-refractivity contribution in [1.82, 2.24) is 0 Å². The van der Waals surface area contributed by atoms with Crippen LogP contribution in [0.25, 0.3) is 0 Å². The molecule has 8 heteroatoms. The highest BCUT2D eigenvalue weighted by atomic mass is 79.9. The molecule has 1 N–H and O–H groups in total. The molecular formula is C23H18Br2Cl2N2O2. The van der Waals surface area contributed by atoms with Gasteiger partial charge in [0.1, 0.15) is 5.75 Å². The molecule has 0 saturated carbocycles. The van der Waals surface area contributed by atoms with E-state index in [9.17, 15) is 4.79 Å². The first-order valence-electron chi connectivity index (χ1n) is 9.21. The predicted molar refractivity (Wildman–Crippen MR) is 136 cm³/mol. The fraction of sp³-hybridized carbons (Fsp3) is 0.130. The minimum atomic E-state index is -0.302. The molecule has 4 nitrogen and oxygen atoms in total. The zero-order chi connectivity index (χ0) is 22.5. The van der Waals surface area contributed by atoms with E-state index in [0.717, 1.165) is 21.3 Å². The van der Waals surface area contributed by atoms with Crippen molar-refractivity contribution in [1.29, 1.82) is 0 Å². The molecule has 0 heterocycles. The van der Waals surface area contributed by atoms with E-state index in [1.54, 1.807) is 24.4 Å². The highest BCUT2D eigenvalue weighted by Gasteiger charge is 2.12. The Bertz CT molecular complexity index is 1170. The molecule has 160 valence electrons. The van der Waals surface area contributed by atoms with Crippen LogP contribution in [0, 0.1) is 13.8 Å². The number of amides is 1. The van der Waals surface area contributed by atoms with E-state index < -0.39 is 0 Å². The average Bonchev–Trinajstić information content (AvgIpc) is 2.70. The number of rotatable bonds is 6. The Morgan fingerprint density at radius 1 is 1.06 bits per heavy atom. The molecule has 0 aliphatic heterocycles. The Kier molecular flexibility index (Phi) is 8.17. The van der Waals surface area contributed by atoms with E-state index in [4.69, 9.17) is 27.9 Å². The molecule has 0 fully saturated rings.